The molecule has 0 saturated carbocycles. The highest BCUT2D eigenvalue weighted by Gasteiger charge is 2.30. The number of hydrogen-bond acceptors (Lipinski definition) is 4. The smallest absolute Gasteiger partial charge is 0.239 e. The van der Waals surface area contributed by atoms with Gasteiger partial charge in [-0.15, -0.1) is 0 Å². The second-order valence-corrected chi connectivity index (χ2v) is 5.85. The Bertz CT molecular complexity index is 503. The lowest BCUT2D eigenvalue weighted by atomic mass is 10.2. The van der Waals surface area contributed by atoms with Gasteiger partial charge >= 0.3 is 0 Å². The summed E-state index contributed by atoms with van der Waals surface area (Å²) in [7, 11) is 1.66. The number of halogens is 1. The summed E-state index contributed by atoms with van der Waals surface area (Å²) in [5, 5.41) is 7.33. The first-order valence-electron chi connectivity index (χ1n) is 7.39. The van der Waals surface area contributed by atoms with Crippen molar-refractivity contribution in [3.63, 3.8) is 0 Å². The van der Waals surface area contributed by atoms with Gasteiger partial charge in [-0.1, -0.05) is 6.92 Å². The number of aromatic nitrogens is 2. The Morgan fingerprint density at radius 2 is 2.29 bits per heavy atom. The minimum atomic E-state index is -0.235. The van der Waals surface area contributed by atoms with Gasteiger partial charge in [-0.05, 0) is 29.3 Å². The molecule has 0 bridgehead atoms. The summed E-state index contributed by atoms with van der Waals surface area (Å²) in [6.07, 6.45) is 0.891. The zero-order chi connectivity index (χ0) is 15.4. The molecule has 6 nitrogen and oxygen atoms in total. The van der Waals surface area contributed by atoms with E-state index in [9.17, 15) is 4.79 Å². The molecule has 7 heteroatoms. The molecule has 0 radical (unpaired) electrons. The number of rotatable bonds is 5. The Morgan fingerprint density at radius 1 is 1.52 bits per heavy atom. The standard InChI is InChI=1S/C14H23BrN4O2/c1-4-10-13(15)11(19(5-2)17-10)8-18-6-7-21-9-12(18)14(20)16-3/h12H,4-9H2,1-3H3,(H,16,20). The first-order valence-corrected chi connectivity index (χ1v) is 8.19. The molecule has 1 aliphatic heterocycles. The Morgan fingerprint density at radius 3 is 2.90 bits per heavy atom. The molecule has 0 aromatic carbocycles. The summed E-state index contributed by atoms with van der Waals surface area (Å²) in [5.74, 6) is 0.00380. The van der Waals surface area contributed by atoms with E-state index in [2.05, 4.69) is 45.1 Å². The fraction of sp³-hybridized carbons (Fsp3) is 0.714. The lowest BCUT2D eigenvalue weighted by Gasteiger charge is -2.34. The Kier molecular flexibility index (Phi) is 5.78. The number of ether oxygens (including phenoxy) is 1. The maximum atomic E-state index is 12.0. The number of amides is 1. The highest BCUT2D eigenvalue weighted by atomic mass is 79.9. The Balaban J connectivity index is 2.22. The molecule has 118 valence electrons. The highest BCUT2D eigenvalue weighted by molar-refractivity contribution is 9.10. The fourth-order valence-corrected chi connectivity index (χ4v) is 3.29. The van der Waals surface area contributed by atoms with Crippen LogP contribution in [0.4, 0.5) is 0 Å². The van der Waals surface area contributed by atoms with Crippen LogP contribution in [0.1, 0.15) is 25.2 Å². The van der Waals surface area contributed by atoms with Crippen molar-refractivity contribution in [3.05, 3.63) is 15.9 Å². The van der Waals surface area contributed by atoms with Crippen molar-refractivity contribution in [1.29, 1.82) is 0 Å². The number of nitrogens with one attached hydrogen (secondary N) is 1. The summed E-state index contributed by atoms with van der Waals surface area (Å²) < 4.78 is 8.53. The monoisotopic (exact) mass is 358 g/mol. The van der Waals surface area contributed by atoms with E-state index in [0.717, 1.165) is 35.4 Å². The SMILES string of the molecule is CCc1nn(CC)c(CN2CCOCC2C(=O)NC)c1Br. The molecule has 1 aromatic rings. The average Bonchev–Trinajstić information content (AvgIpc) is 2.83. The van der Waals surface area contributed by atoms with Crippen molar-refractivity contribution >= 4 is 21.8 Å². The second-order valence-electron chi connectivity index (χ2n) is 5.05. The third-order valence-electron chi connectivity index (χ3n) is 3.84. The molecular weight excluding hydrogens is 336 g/mol. The van der Waals surface area contributed by atoms with Gasteiger partial charge in [0.05, 0.1) is 29.1 Å². The van der Waals surface area contributed by atoms with Crippen LogP contribution in [0.15, 0.2) is 4.47 Å². The van der Waals surface area contributed by atoms with Crippen molar-refractivity contribution in [2.24, 2.45) is 0 Å². The molecule has 2 rings (SSSR count). The van der Waals surface area contributed by atoms with Crippen molar-refractivity contribution in [3.8, 4) is 0 Å². The van der Waals surface area contributed by atoms with Crippen LogP contribution in [0.3, 0.4) is 0 Å². The molecule has 21 heavy (non-hydrogen) atoms. The molecule has 0 spiro atoms. The van der Waals surface area contributed by atoms with E-state index < -0.39 is 0 Å². The molecule has 0 aliphatic carbocycles. The average molecular weight is 359 g/mol. The van der Waals surface area contributed by atoms with Gasteiger partial charge in [-0.3, -0.25) is 14.4 Å². The molecular formula is C14H23BrN4O2. The van der Waals surface area contributed by atoms with E-state index in [-0.39, 0.29) is 11.9 Å². The highest BCUT2D eigenvalue weighted by Crippen LogP contribution is 2.25. The van der Waals surface area contributed by atoms with Crippen LogP contribution < -0.4 is 5.32 Å². The molecule has 1 fully saturated rings. The molecule has 1 aliphatic rings. The predicted molar refractivity (Wildman–Crippen MR) is 84.1 cm³/mol. The Labute approximate surface area is 133 Å². The van der Waals surface area contributed by atoms with Gasteiger partial charge in [-0.2, -0.15) is 5.10 Å². The predicted octanol–water partition coefficient (Wildman–Crippen LogP) is 1.17. The molecule has 1 N–H and O–H groups in total. The third kappa shape index (κ3) is 3.46. The summed E-state index contributed by atoms with van der Waals surface area (Å²) in [4.78, 5) is 14.2. The van der Waals surface area contributed by atoms with Crippen LogP contribution in [0.2, 0.25) is 0 Å². The number of aryl methyl sites for hydroxylation is 2. The second kappa shape index (κ2) is 7.38. The molecule has 1 aromatic heterocycles. The van der Waals surface area contributed by atoms with Gasteiger partial charge in [0.1, 0.15) is 6.04 Å². The van der Waals surface area contributed by atoms with Gasteiger partial charge in [-0.25, -0.2) is 0 Å². The molecule has 1 saturated heterocycles. The number of nitrogens with zero attached hydrogens (tertiary/aromatic N) is 3. The Hall–Kier alpha value is -0.920. The lowest BCUT2D eigenvalue weighted by molar-refractivity contribution is -0.132. The number of carbonyl (C=O) groups is 1. The third-order valence-corrected chi connectivity index (χ3v) is 4.75. The van der Waals surface area contributed by atoms with Gasteiger partial charge in [0.2, 0.25) is 5.91 Å². The van der Waals surface area contributed by atoms with Crippen molar-refractivity contribution in [2.45, 2.75) is 39.4 Å². The summed E-state index contributed by atoms with van der Waals surface area (Å²) in [6, 6.07) is -0.235. The molecule has 1 unspecified atom stereocenters. The van der Waals surface area contributed by atoms with Crippen LogP contribution in [0.25, 0.3) is 0 Å². The van der Waals surface area contributed by atoms with Crippen LogP contribution >= 0.6 is 15.9 Å². The number of hydrogen-bond donors (Lipinski definition) is 1. The summed E-state index contributed by atoms with van der Waals surface area (Å²) in [5.41, 5.74) is 2.20. The van der Waals surface area contributed by atoms with Gasteiger partial charge in [0, 0.05) is 26.7 Å². The van der Waals surface area contributed by atoms with E-state index in [1.54, 1.807) is 7.05 Å². The van der Waals surface area contributed by atoms with Gasteiger partial charge in [0.25, 0.3) is 0 Å². The van der Waals surface area contributed by atoms with E-state index in [0.29, 0.717) is 19.8 Å². The quantitative estimate of drug-likeness (QED) is 0.858. The fourth-order valence-electron chi connectivity index (χ4n) is 2.60. The normalized spacial score (nSPS) is 19.7. The minimum Gasteiger partial charge on any atom is -0.378 e. The maximum Gasteiger partial charge on any atom is 0.239 e. The largest absolute Gasteiger partial charge is 0.378 e. The molecule has 1 atom stereocenters. The summed E-state index contributed by atoms with van der Waals surface area (Å²) in [6.45, 7) is 7.55. The van der Waals surface area contributed by atoms with Crippen molar-refractivity contribution in [1.82, 2.24) is 20.0 Å². The summed E-state index contributed by atoms with van der Waals surface area (Å²) >= 11 is 3.66. The molecule has 1 amide bonds. The van der Waals surface area contributed by atoms with E-state index in [4.69, 9.17) is 4.74 Å². The van der Waals surface area contributed by atoms with E-state index in [1.807, 2.05) is 4.68 Å². The maximum absolute atomic E-state index is 12.0. The van der Waals surface area contributed by atoms with Gasteiger partial charge < -0.3 is 10.1 Å². The number of morpholine rings is 1. The van der Waals surface area contributed by atoms with Crippen LogP contribution in [0, 0.1) is 0 Å². The van der Waals surface area contributed by atoms with Crippen molar-refractivity contribution in [2.75, 3.05) is 26.8 Å². The van der Waals surface area contributed by atoms with Crippen molar-refractivity contribution < 1.29 is 9.53 Å². The minimum absolute atomic E-state index is 0.00380. The number of likely N-dealkylation sites (N-methyl/N-ethyl adjacent to an activating group) is 1. The number of carbonyl (C=O) groups excluding carboxylic acids is 1. The van der Waals surface area contributed by atoms with Crippen LogP contribution in [-0.2, 0) is 29.0 Å². The van der Waals surface area contributed by atoms with Crippen LogP contribution in [0.5, 0.6) is 0 Å². The van der Waals surface area contributed by atoms with E-state index in [1.165, 1.54) is 0 Å². The lowest BCUT2D eigenvalue weighted by Crippen LogP contribution is -2.52. The van der Waals surface area contributed by atoms with E-state index >= 15 is 0 Å². The van der Waals surface area contributed by atoms with Gasteiger partial charge in [0.15, 0.2) is 0 Å². The first-order chi connectivity index (χ1) is 10.1. The van der Waals surface area contributed by atoms with Crippen LogP contribution in [-0.4, -0.2) is 53.4 Å². The zero-order valence-corrected chi connectivity index (χ0v) is 14.4. The first kappa shape index (κ1) is 16.5. The molecule has 2 heterocycles. The zero-order valence-electron chi connectivity index (χ0n) is 12.9. The topological polar surface area (TPSA) is 59.4 Å².